The summed E-state index contributed by atoms with van der Waals surface area (Å²) < 4.78 is 13.9. The number of likely N-dealkylation sites (tertiary alicyclic amines) is 1. The van der Waals surface area contributed by atoms with Gasteiger partial charge in [0.2, 0.25) is 0 Å². The van der Waals surface area contributed by atoms with Crippen molar-refractivity contribution in [1.82, 2.24) is 9.80 Å². The first-order chi connectivity index (χ1) is 9.95. The quantitative estimate of drug-likeness (QED) is 0.878. The number of halogens is 2. The molecule has 0 unspecified atom stereocenters. The molecule has 1 saturated heterocycles. The summed E-state index contributed by atoms with van der Waals surface area (Å²) in [5.74, 6) is -1.02. The van der Waals surface area contributed by atoms with E-state index in [-0.39, 0.29) is 12.4 Å². The van der Waals surface area contributed by atoms with Crippen LogP contribution in [0.3, 0.4) is 0 Å². The second-order valence-corrected chi connectivity index (χ2v) is 6.41. The first-order valence-corrected chi connectivity index (χ1v) is 7.83. The third kappa shape index (κ3) is 4.76. The molecule has 0 spiro atoms. The Kier molecular flexibility index (Phi) is 5.72. The minimum absolute atomic E-state index is 0.0914. The van der Waals surface area contributed by atoms with E-state index in [4.69, 9.17) is 5.11 Å². The van der Waals surface area contributed by atoms with Crippen LogP contribution in [0.25, 0.3) is 0 Å². The minimum atomic E-state index is -0.782. The first kappa shape index (κ1) is 16.4. The number of likely N-dealkylation sites (N-methyl/N-ethyl adjacent to an activating group) is 1. The van der Waals surface area contributed by atoms with Gasteiger partial charge in [0, 0.05) is 17.1 Å². The first-order valence-electron chi connectivity index (χ1n) is 7.04. The lowest BCUT2D eigenvalue weighted by Crippen LogP contribution is -2.44. The Labute approximate surface area is 132 Å². The molecule has 1 aliphatic heterocycles. The molecule has 0 radical (unpaired) electrons. The maximum atomic E-state index is 13.1. The molecule has 1 aromatic carbocycles. The average molecular weight is 359 g/mol. The SMILES string of the molecule is CN(CC(=O)O)C1CCN(Cc2ccc(F)cc2Br)CC1. The van der Waals surface area contributed by atoms with Crippen LogP contribution in [0.1, 0.15) is 18.4 Å². The van der Waals surface area contributed by atoms with Crippen molar-refractivity contribution in [3.8, 4) is 0 Å². The fourth-order valence-electron chi connectivity index (χ4n) is 2.75. The van der Waals surface area contributed by atoms with E-state index in [1.165, 1.54) is 12.1 Å². The van der Waals surface area contributed by atoms with Crippen molar-refractivity contribution >= 4 is 21.9 Å². The number of carbonyl (C=O) groups is 1. The molecule has 1 N–H and O–H groups in total. The summed E-state index contributed by atoms with van der Waals surface area (Å²) in [5.41, 5.74) is 1.08. The number of rotatable bonds is 5. The van der Waals surface area contributed by atoms with E-state index in [1.807, 2.05) is 18.0 Å². The molecule has 1 heterocycles. The lowest BCUT2D eigenvalue weighted by atomic mass is 10.0. The molecule has 0 atom stereocenters. The van der Waals surface area contributed by atoms with Gasteiger partial charge in [-0.15, -0.1) is 0 Å². The zero-order chi connectivity index (χ0) is 15.4. The highest BCUT2D eigenvalue weighted by molar-refractivity contribution is 9.10. The number of carboxylic acid groups (broad SMARTS) is 1. The van der Waals surface area contributed by atoms with Crippen LogP contribution in [-0.4, -0.2) is 53.6 Å². The highest BCUT2D eigenvalue weighted by Gasteiger charge is 2.23. The Balaban J connectivity index is 1.85. The lowest BCUT2D eigenvalue weighted by molar-refractivity contribution is -0.138. The Morgan fingerprint density at radius 1 is 1.48 bits per heavy atom. The number of hydrogen-bond donors (Lipinski definition) is 1. The third-order valence-corrected chi connectivity index (χ3v) is 4.71. The summed E-state index contributed by atoms with van der Waals surface area (Å²) in [6, 6.07) is 5.10. The van der Waals surface area contributed by atoms with Crippen molar-refractivity contribution in [3.63, 3.8) is 0 Å². The van der Waals surface area contributed by atoms with Gasteiger partial charge >= 0.3 is 5.97 Å². The standard InChI is InChI=1S/C15H20BrFN2O2/c1-18(10-15(20)21)13-4-6-19(7-5-13)9-11-2-3-12(17)8-14(11)16/h2-3,8,13H,4-7,9-10H2,1H3,(H,20,21). The van der Waals surface area contributed by atoms with Crippen molar-refractivity contribution in [2.24, 2.45) is 0 Å². The van der Waals surface area contributed by atoms with E-state index < -0.39 is 5.97 Å². The van der Waals surface area contributed by atoms with Gasteiger partial charge in [0.05, 0.1) is 6.54 Å². The molecule has 116 valence electrons. The fourth-order valence-corrected chi connectivity index (χ4v) is 3.23. The van der Waals surface area contributed by atoms with Gasteiger partial charge in [-0.25, -0.2) is 4.39 Å². The van der Waals surface area contributed by atoms with E-state index >= 15 is 0 Å². The maximum absolute atomic E-state index is 13.1. The molecule has 21 heavy (non-hydrogen) atoms. The van der Waals surface area contributed by atoms with Gasteiger partial charge in [0.1, 0.15) is 5.82 Å². The Bertz CT molecular complexity index is 504. The van der Waals surface area contributed by atoms with Gasteiger partial charge in [0.25, 0.3) is 0 Å². The summed E-state index contributed by atoms with van der Waals surface area (Å²) in [4.78, 5) is 15.0. The average Bonchev–Trinajstić information content (AvgIpc) is 2.42. The van der Waals surface area contributed by atoms with E-state index in [2.05, 4.69) is 20.8 Å². The molecule has 0 amide bonds. The number of benzene rings is 1. The summed E-state index contributed by atoms with van der Waals surface area (Å²) in [7, 11) is 1.87. The molecule has 6 heteroatoms. The van der Waals surface area contributed by atoms with Crippen LogP contribution in [0.2, 0.25) is 0 Å². The largest absolute Gasteiger partial charge is 0.480 e. The lowest BCUT2D eigenvalue weighted by Gasteiger charge is -2.36. The Morgan fingerprint density at radius 2 is 2.14 bits per heavy atom. The van der Waals surface area contributed by atoms with Crippen molar-refractivity contribution in [3.05, 3.63) is 34.1 Å². The highest BCUT2D eigenvalue weighted by Crippen LogP contribution is 2.22. The second-order valence-electron chi connectivity index (χ2n) is 5.55. The molecule has 0 aromatic heterocycles. The smallest absolute Gasteiger partial charge is 0.317 e. The number of aliphatic carboxylic acids is 1. The van der Waals surface area contributed by atoms with Crippen LogP contribution in [0.15, 0.2) is 22.7 Å². The van der Waals surface area contributed by atoms with Crippen molar-refractivity contribution in [1.29, 1.82) is 0 Å². The number of hydrogen-bond acceptors (Lipinski definition) is 3. The van der Waals surface area contributed by atoms with E-state index in [0.29, 0.717) is 6.04 Å². The van der Waals surface area contributed by atoms with Crippen LogP contribution in [-0.2, 0) is 11.3 Å². The Morgan fingerprint density at radius 3 is 2.71 bits per heavy atom. The van der Waals surface area contributed by atoms with Crippen LogP contribution in [0.4, 0.5) is 4.39 Å². The molecule has 0 aliphatic carbocycles. The molecule has 1 aromatic rings. The molecule has 1 aliphatic rings. The van der Waals surface area contributed by atoms with Crippen LogP contribution >= 0.6 is 15.9 Å². The minimum Gasteiger partial charge on any atom is -0.480 e. The topological polar surface area (TPSA) is 43.8 Å². The predicted molar refractivity (Wildman–Crippen MR) is 82.7 cm³/mol. The van der Waals surface area contributed by atoms with Gasteiger partial charge in [-0.1, -0.05) is 22.0 Å². The van der Waals surface area contributed by atoms with Crippen molar-refractivity contribution < 1.29 is 14.3 Å². The van der Waals surface area contributed by atoms with Gasteiger partial charge in [-0.2, -0.15) is 0 Å². The summed E-state index contributed by atoms with van der Waals surface area (Å²) >= 11 is 3.40. The zero-order valence-electron chi connectivity index (χ0n) is 12.1. The number of piperidine rings is 1. The third-order valence-electron chi connectivity index (χ3n) is 3.97. The molecular formula is C15H20BrFN2O2. The molecule has 4 nitrogen and oxygen atoms in total. The Hall–Kier alpha value is -0.980. The predicted octanol–water partition coefficient (Wildman–Crippen LogP) is 2.57. The van der Waals surface area contributed by atoms with Crippen LogP contribution < -0.4 is 0 Å². The molecule has 0 bridgehead atoms. The second kappa shape index (κ2) is 7.33. The van der Waals surface area contributed by atoms with Crippen LogP contribution in [0, 0.1) is 5.82 Å². The molecular weight excluding hydrogens is 339 g/mol. The number of carboxylic acids is 1. The fraction of sp³-hybridized carbons (Fsp3) is 0.533. The normalized spacial score (nSPS) is 17.3. The van der Waals surface area contributed by atoms with Gasteiger partial charge in [-0.05, 0) is 50.7 Å². The zero-order valence-corrected chi connectivity index (χ0v) is 13.6. The highest BCUT2D eigenvalue weighted by atomic mass is 79.9. The van der Waals surface area contributed by atoms with E-state index in [9.17, 15) is 9.18 Å². The van der Waals surface area contributed by atoms with Crippen LogP contribution in [0.5, 0.6) is 0 Å². The van der Waals surface area contributed by atoms with E-state index in [0.717, 1.165) is 42.5 Å². The van der Waals surface area contributed by atoms with Crippen molar-refractivity contribution in [2.45, 2.75) is 25.4 Å². The molecule has 2 rings (SSSR count). The summed E-state index contributed by atoms with van der Waals surface area (Å²) in [6.07, 6.45) is 1.92. The van der Waals surface area contributed by atoms with Gasteiger partial charge in [0.15, 0.2) is 0 Å². The molecule has 1 fully saturated rings. The van der Waals surface area contributed by atoms with Gasteiger partial charge in [-0.3, -0.25) is 14.6 Å². The van der Waals surface area contributed by atoms with Gasteiger partial charge < -0.3 is 5.11 Å². The van der Waals surface area contributed by atoms with Crippen molar-refractivity contribution in [2.75, 3.05) is 26.7 Å². The summed E-state index contributed by atoms with van der Waals surface area (Å²) in [5, 5.41) is 8.83. The summed E-state index contributed by atoms with van der Waals surface area (Å²) in [6.45, 7) is 2.74. The monoisotopic (exact) mass is 358 g/mol. The maximum Gasteiger partial charge on any atom is 0.317 e. The number of nitrogens with zero attached hydrogens (tertiary/aromatic N) is 2. The van der Waals surface area contributed by atoms with E-state index in [1.54, 1.807) is 0 Å². The molecule has 0 saturated carbocycles.